The maximum Gasteiger partial charge on any atom is 0.294 e. The average Bonchev–Trinajstić information content (AvgIpc) is 3.26. The molecule has 7 nitrogen and oxygen atoms in total. The SMILES string of the molecule is O=C(CN1C(=O)C(=Cc2ccccc2F)Oc2ccccc21)N1CCC2(CC1)OCCO2. The van der Waals surface area contributed by atoms with Gasteiger partial charge in [0.1, 0.15) is 12.4 Å². The van der Waals surface area contributed by atoms with Crippen LogP contribution in [0.2, 0.25) is 0 Å². The summed E-state index contributed by atoms with van der Waals surface area (Å²) < 4.78 is 31.4. The third-order valence-electron chi connectivity index (χ3n) is 6.01. The summed E-state index contributed by atoms with van der Waals surface area (Å²) in [5.41, 5.74) is 0.742. The van der Waals surface area contributed by atoms with Gasteiger partial charge in [0, 0.05) is 31.5 Å². The summed E-state index contributed by atoms with van der Waals surface area (Å²) in [7, 11) is 0. The summed E-state index contributed by atoms with van der Waals surface area (Å²) in [5.74, 6) is -1.30. The number of halogens is 1. The molecule has 5 rings (SSSR count). The number of hydrogen-bond acceptors (Lipinski definition) is 5. The van der Waals surface area contributed by atoms with Gasteiger partial charge >= 0.3 is 0 Å². The van der Waals surface area contributed by atoms with Gasteiger partial charge in [-0.2, -0.15) is 0 Å². The number of fused-ring (bicyclic) bond motifs is 1. The highest BCUT2D eigenvalue weighted by atomic mass is 19.1. The number of carbonyl (C=O) groups excluding carboxylic acids is 2. The van der Waals surface area contributed by atoms with Gasteiger partial charge in [-0.05, 0) is 24.3 Å². The number of carbonyl (C=O) groups is 2. The lowest BCUT2D eigenvalue weighted by Crippen LogP contribution is -2.51. The fourth-order valence-corrected chi connectivity index (χ4v) is 4.27. The maximum atomic E-state index is 14.1. The van der Waals surface area contributed by atoms with Crippen LogP contribution in [0.1, 0.15) is 18.4 Å². The number of ether oxygens (including phenoxy) is 3. The van der Waals surface area contributed by atoms with Crippen LogP contribution >= 0.6 is 0 Å². The van der Waals surface area contributed by atoms with Crippen molar-refractivity contribution in [3.63, 3.8) is 0 Å². The first-order valence-corrected chi connectivity index (χ1v) is 10.7. The zero-order valence-corrected chi connectivity index (χ0v) is 17.5. The first-order chi connectivity index (χ1) is 15.5. The van der Waals surface area contributed by atoms with Gasteiger partial charge in [-0.15, -0.1) is 0 Å². The van der Waals surface area contributed by atoms with Crippen LogP contribution in [0.15, 0.2) is 54.3 Å². The molecule has 3 aliphatic heterocycles. The summed E-state index contributed by atoms with van der Waals surface area (Å²) in [4.78, 5) is 29.4. The fraction of sp³-hybridized carbons (Fsp3) is 0.333. The van der Waals surface area contributed by atoms with Crippen LogP contribution in [0.5, 0.6) is 5.75 Å². The predicted octanol–water partition coefficient (Wildman–Crippen LogP) is 2.96. The Morgan fingerprint density at radius 2 is 1.72 bits per heavy atom. The molecular weight excluding hydrogens is 415 g/mol. The van der Waals surface area contributed by atoms with Crippen LogP contribution in [0, 0.1) is 5.82 Å². The summed E-state index contributed by atoms with van der Waals surface area (Å²) in [5, 5.41) is 0. The van der Waals surface area contributed by atoms with Crippen LogP contribution in [-0.2, 0) is 19.1 Å². The third kappa shape index (κ3) is 3.87. The fourth-order valence-electron chi connectivity index (χ4n) is 4.27. The van der Waals surface area contributed by atoms with E-state index in [2.05, 4.69) is 0 Å². The number of rotatable bonds is 3. The third-order valence-corrected chi connectivity index (χ3v) is 6.01. The first kappa shape index (κ1) is 20.7. The highest BCUT2D eigenvalue weighted by Crippen LogP contribution is 2.36. The molecule has 0 bridgehead atoms. The molecule has 2 aromatic rings. The van der Waals surface area contributed by atoms with E-state index < -0.39 is 17.5 Å². The van der Waals surface area contributed by atoms with Gasteiger partial charge in [-0.25, -0.2) is 4.39 Å². The summed E-state index contributed by atoms with van der Waals surface area (Å²) in [6.07, 6.45) is 2.57. The van der Waals surface area contributed by atoms with Crippen molar-refractivity contribution in [2.45, 2.75) is 18.6 Å². The van der Waals surface area contributed by atoms with E-state index in [4.69, 9.17) is 14.2 Å². The zero-order valence-electron chi connectivity index (χ0n) is 17.5. The molecular formula is C24H23FN2O5. The van der Waals surface area contributed by atoms with Crippen molar-refractivity contribution >= 4 is 23.6 Å². The van der Waals surface area contributed by atoms with E-state index in [1.54, 1.807) is 47.4 Å². The summed E-state index contributed by atoms with van der Waals surface area (Å²) in [6.45, 7) is 2.00. The van der Waals surface area contributed by atoms with Crippen molar-refractivity contribution in [2.75, 3.05) is 37.7 Å². The van der Waals surface area contributed by atoms with E-state index in [0.29, 0.717) is 50.6 Å². The van der Waals surface area contributed by atoms with Gasteiger partial charge in [0.2, 0.25) is 5.91 Å². The Morgan fingerprint density at radius 3 is 2.47 bits per heavy atom. The zero-order chi connectivity index (χ0) is 22.1. The molecule has 0 aromatic heterocycles. The molecule has 0 atom stereocenters. The van der Waals surface area contributed by atoms with Gasteiger partial charge < -0.3 is 19.1 Å². The molecule has 2 fully saturated rings. The topological polar surface area (TPSA) is 68.3 Å². The van der Waals surface area contributed by atoms with Crippen LogP contribution in [0.3, 0.4) is 0 Å². The molecule has 3 aliphatic rings. The van der Waals surface area contributed by atoms with Crippen molar-refractivity contribution in [3.8, 4) is 5.75 Å². The van der Waals surface area contributed by atoms with E-state index in [1.807, 2.05) is 0 Å². The Labute approximate surface area is 185 Å². The van der Waals surface area contributed by atoms with Crippen molar-refractivity contribution in [3.05, 3.63) is 65.7 Å². The molecule has 0 radical (unpaired) electrons. The molecule has 2 aromatic carbocycles. The van der Waals surface area contributed by atoms with E-state index in [9.17, 15) is 14.0 Å². The Bertz CT molecular complexity index is 1070. The average molecular weight is 438 g/mol. The second kappa shape index (κ2) is 8.37. The van der Waals surface area contributed by atoms with E-state index >= 15 is 0 Å². The molecule has 2 amide bonds. The lowest BCUT2D eigenvalue weighted by Gasteiger charge is -2.38. The van der Waals surface area contributed by atoms with Gasteiger partial charge in [0.25, 0.3) is 5.91 Å². The van der Waals surface area contributed by atoms with Crippen molar-refractivity contribution < 1.29 is 28.2 Å². The Morgan fingerprint density at radius 1 is 1.03 bits per heavy atom. The number of anilines is 1. The highest BCUT2D eigenvalue weighted by Gasteiger charge is 2.41. The van der Waals surface area contributed by atoms with E-state index in [-0.39, 0.29) is 23.8 Å². The van der Waals surface area contributed by atoms with Crippen LogP contribution in [0.25, 0.3) is 6.08 Å². The maximum absolute atomic E-state index is 14.1. The molecule has 32 heavy (non-hydrogen) atoms. The number of piperidine rings is 1. The highest BCUT2D eigenvalue weighted by molar-refractivity contribution is 6.12. The minimum Gasteiger partial charge on any atom is -0.449 e. The number of amides is 2. The second-order valence-electron chi connectivity index (χ2n) is 7.98. The molecule has 3 heterocycles. The Kier molecular flexibility index (Phi) is 5.40. The van der Waals surface area contributed by atoms with Crippen molar-refractivity contribution in [1.29, 1.82) is 0 Å². The standard InChI is InChI=1S/C24H23FN2O5/c25-18-6-2-1-5-17(18)15-21-23(29)27(19-7-3-4-8-20(19)32-21)16-22(28)26-11-9-24(10-12-26)30-13-14-31-24/h1-8,15H,9-14,16H2. The second-order valence-corrected chi connectivity index (χ2v) is 7.98. The number of para-hydroxylation sites is 2. The monoisotopic (exact) mass is 438 g/mol. The molecule has 166 valence electrons. The van der Waals surface area contributed by atoms with Gasteiger partial charge in [0.05, 0.1) is 18.9 Å². The number of hydrogen-bond donors (Lipinski definition) is 0. The molecule has 8 heteroatoms. The lowest BCUT2D eigenvalue weighted by atomic mass is 10.0. The van der Waals surface area contributed by atoms with Crippen LogP contribution in [0.4, 0.5) is 10.1 Å². The summed E-state index contributed by atoms with van der Waals surface area (Å²) in [6, 6.07) is 13.1. The first-order valence-electron chi connectivity index (χ1n) is 10.7. The smallest absolute Gasteiger partial charge is 0.294 e. The lowest BCUT2D eigenvalue weighted by molar-refractivity contribution is -0.187. The van der Waals surface area contributed by atoms with Crippen molar-refractivity contribution in [2.24, 2.45) is 0 Å². The Balaban J connectivity index is 1.37. The number of benzene rings is 2. The quantitative estimate of drug-likeness (QED) is 0.690. The molecule has 2 saturated heterocycles. The largest absolute Gasteiger partial charge is 0.449 e. The van der Waals surface area contributed by atoms with Crippen molar-refractivity contribution in [1.82, 2.24) is 4.90 Å². The molecule has 1 spiro atoms. The van der Waals surface area contributed by atoms with Gasteiger partial charge in [-0.1, -0.05) is 30.3 Å². The molecule has 0 aliphatic carbocycles. The summed E-state index contributed by atoms with van der Waals surface area (Å²) >= 11 is 0. The molecule has 0 N–H and O–H groups in total. The van der Waals surface area contributed by atoms with Crippen LogP contribution < -0.4 is 9.64 Å². The van der Waals surface area contributed by atoms with E-state index in [1.165, 1.54) is 17.0 Å². The number of nitrogens with zero attached hydrogens (tertiary/aromatic N) is 2. The minimum atomic E-state index is -0.576. The van der Waals surface area contributed by atoms with Gasteiger partial charge in [-0.3, -0.25) is 14.5 Å². The van der Waals surface area contributed by atoms with Crippen LogP contribution in [-0.4, -0.2) is 55.3 Å². The van der Waals surface area contributed by atoms with Gasteiger partial charge in [0.15, 0.2) is 17.3 Å². The predicted molar refractivity (Wildman–Crippen MR) is 114 cm³/mol. The number of likely N-dealkylation sites (tertiary alicyclic amines) is 1. The molecule has 0 saturated carbocycles. The molecule has 0 unspecified atom stereocenters. The Hall–Kier alpha value is -3.23. The normalized spacial score (nSPS) is 21.0. The van der Waals surface area contributed by atoms with E-state index in [0.717, 1.165) is 0 Å². The minimum absolute atomic E-state index is 0.0352.